The number of morpholine rings is 1. The number of benzene rings is 1. The predicted molar refractivity (Wildman–Crippen MR) is 74.7 cm³/mol. The molecule has 1 heterocycles. The van der Waals surface area contributed by atoms with Crippen LogP contribution < -0.4 is 10.6 Å². The molecule has 1 saturated heterocycles. The van der Waals surface area contributed by atoms with Crippen molar-refractivity contribution in [3.05, 3.63) is 29.3 Å². The summed E-state index contributed by atoms with van der Waals surface area (Å²) in [5.74, 6) is -0.588. The number of alkyl halides is 3. The second kappa shape index (κ2) is 5.22. The molecule has 4 nitrogen and oxygen atoms in total. The number of nitrogens with one attached hydrogen (secondary N) is 1. The zero-order valence-corrected chi connectivity index (χ0v) is 11.9. The van der Waals surface area contributed by atoms with Crippen LogP contribution in [-0.4, -0.2) is 31.1 Å². The number of halogens is 3. The summed E-state index contributed by atoms with van der Waals surface area (Å²) in [6, 6.07) is 3.88. The van der Waals surface area contributed by atoms with E-state index in [1.807, 2.05) is 18.7 Å². The molecule has 1 aliphatic heterocycles. The summed E-state index contributed by atoms with van der Waals surface area (Å²) < 4.78 is 44.8. The fourth-order valence-corrected chi connectivity index (χ4v) is 2.51. The van der Waals surface area contributed by atoms with Crippen LogP contribution in [0.25, 0.3) is 0 Å². The van der Waals surface area contributed by atoms with Crippen molar-refractivity contribution in [2.24, 2.45) is 5.73 Å². The first kappa shape index (κ1) is 15.6. The number of rotatable bonds is 2. The third kappa shape index (κ3) is 3.12. The standard InChI is InChI=1S/C14H18F3N3O/c1-13(2)8-21-6-5-20(13)9-3-4-10(12(18)19)11(7-9)14(15,16)17/h3-4,7H,5-6,8H2,1-2H3,(H3,18,19). The van der Waals surface area contributed by atoms with Crippen LogP contribution in [-0.2, 0) is 10.9 Å². The second-order valence-electron chi connectivity index (χ2n) is 5.66. The molecule has 0 bridgehead atoms. The van der Waals surface area contributed by atoms with Crippen molar-refractivity contribution in [3.63, 3.8) is 0 Å². The van der Waals surface area contributed by atoms with Crippen LogP contribution in [0.1, 0.15) is 25.0 Å². The molecule has 0 amide bonds. The average Bonchev–Trinajstić information content (AvgIpc) is 2.36. The largest absolute Gasteiger partial charge is 0.417 e. The summed E-state index contributed by atoms with van der Waals surface area (Å²) >= 11 is 0. The lowest BCUT2D eigenvalue weighted by molar-refractivity contribution is -0.137. The predicted octanol–water partition coefficient (Wildman–Crippen LogP) is 2.60. The van der Waals surface area contributed by atoms with Gasteiger partial charge in [0.1, 0.15) is 5.84 Å². The summed E-state index contributed by atoms with van der Waals surface area (Å²) in [7, 11) is 0. The minimum atomic E-state index is -4.55. The Kier molecular flexibility index (Phi) is 3.88. The Balaban J connectivity index is 2.49. The minimum Gasteiger partial charge on any atom is -0.384 e. The first-order valence-electron chi connectivity index (χ1n) is 6.54. The van der Waals surface area contributed by atoms with Gasteiger partial charge in [-0.1, -0.05) is 0 Å². The molecule has 0 saturated carbocycles. The minimum absolute atomic E-state index is 0.294. The number of nitrogen functional groups attached to an aromatic ring is 1. The van der Waals surface area contributed by atoms with Gasteiger partial charge in [-0.05, 0) is 32.0 Å². The van der Waals surface area contributed by atoms with E-state index in [1.165, 1.54) is 6.07 Å². The van der Waals surface area contributed by atoms with Gasteiger partial charge in [0, 0.05) is 17.8 Å². The van der Waals surface area contributed by atoms with Crippen LogP contribution in [0, 0.1) is 5.41 Å². The maximum atomic E-state index is 13.2. The highest BCUT2D eigenvalue weighted by Crippen LogP contribution is 2.36. The van der Waals surface area contributed by atoms with E-state index in [4.69, 9.17) is 15.9 Å². The number of amidine groups is 1. The van der Waals surface area contributed by atoms with E-state index < -0.39 is 23.1 Å². The van der Waals surface area contributed by atoms with Gasteiger partial charge in [0.2, 0.25) is 0 Å². The third-order valence-corrected chi connectivity index (χ3v) is 3.56. The number of anilines is 1. The zero-order valence-electron chi connectivity index (χ0n) is 11.9. The lowest BCUT2D eigenvalue weighted by Gasteiger charge is -2.44. The Labute approximate surface area is 121 Å². The number of hydrogen-bond donors (Lipinski definition) is 2. The van der Waals surface area contributed by atoms with E-state index >= 15 is 0 Å². The highest BCUT2D eigenvalue weighted by atomic mass is 19.4. The van der Waals surface area contributed by atoms with Gasteiger partial charge in [-0.3, -0.25) is 5.41 Å². The van der Waals surface area contributed by atoms with Gasteiger partial charge in [-0.15, -0.1) is 0 Å². The van der Waals surface area contributed by atoms with Crippen LogP contribution in [0.5, 0.6) is 0 Å². The number of nitrogens with two attached hydrogens (primary N) is 1. The van der Waals surface area contributed by atoms with Gasteiger partial charge in [0.05, 0.1) is 24.3 Å². The quantitative estimate of drug-likeness (QED) is 0.652. The molecule has 1 aliphatic rings. The van der Waals surface area contributed by atoms with Crippen molar-refractivity contribution in [2.75, 3.05) is 24.7 Å². The monoisotopic (exact) mass is 301 g/mol. The third-order valence-electron chi connectivity index (χ3n) is 3.56. The van der Waals surface area contributed by atoms with Crippen LogP contribution in [0.3, 0.4) is 0 Å². The van der Waals surface area contributed by atoms with Crippen molar-refractivity contribution >= 4 is 11.5 Å². The van der Waals surface area contributed by atoms with E-state index in [0.717, 1.165) is 6.07 Å². The van der Waals surface area contributed by atoms with E-state index in [9.17, 15) is 13.2 Å². The number of hydrogen-bond acceptors (Lipinski definition) is 3. The summed E-state index contributed by atoms with van der Waals surface area (Å²) in [6.45, 7) is 5.27. The molecule has 1 fully saturated rings. The van der Waals surface area contributed by atoms with Crippen LogP contribution in [0.15, 0.2) is 18.2 Å². The molecule has 0 aliphatic carbocycles. The van der Waals surface area contributed by atoms with Crippen molar-refractivity contribution in [1.82, 2.24) is 0 Å². The Morgan fingerprint density at radius 2 is 2.05 bits per heavy atom. The number of ether oxygens (including phenoxy) is 1. The van der Waals surface area contributed by atoms with Crippen molar-refractivity contribution in [3.8, 4) is 0 Å². The van der Waals surface area contributed by atoms with E-state index in [0.29, 0.717) is 25.4 Å². The van der Waals surface area contributed by atoms with Gasteiger partial charge < -0.3 is 15.4 Å². The Morgan fingerprint density at radius 3 is 2.57 bits per heavy atom. The molecule has 0 unspecified atom stereocenters. The van der Waals surface area contributed by atoms with Gasteiger partial charge in [-0.2, -0.15) is 13.2 Å². The fourth-order valence-electron chi connectivity index (χ4n) is 2.51. The van der Waals surface area contributed by atoms with Crippen LogP contribution in [0.4, 0.5) is 18.9 Å². The van der Waals surface area contributed by atoms with E-state index in [1.54, 1.807) is 6.07 Å². The van der Waals surface area contributed by atoms with Crippen molar-refractivity contribution < 1.29 is 17.9 Å². The number of nitrogens with zero attached hydrogens (tertiary/aromatic N) is 1. The molecule has 2 rings (SSSR count). The second-order valence-corrected chi connectivity index (χ2v) is 5.66. The Morgan fingerprint density at radius 1 is 1.38 bits per heavy atom. The highest BCUT2D eigenvalue weighted by molar-refractivity contribution is 5.97. The summed E-state index contributed by atoms with van der Waals surface area (Å²) in [4.78, 5) is 1.88. The van der Waals surface area contributed by atoms with Gasteiger partial charge in [0.25, 0.3) is 0 Å². The van der Waals surface area contributed by atoms with Crippen molar-refractivity contribution in [1.29, 1.82) is 5.41 Å². The van der Waals surface area contributed by atoms with Crippen LogP contribution in [0.2, 0.25) is 0 Å². The molecular weight excluding hydrogens is 283 g/mol. The fraction of sp³-hybridized carbons (Fsp3) is 0.500. The van der Waals surface area contributed by atoms with Crippen molar-refractivity contribution in [2.45, 2.75) is 25.6 Å². The lowest BCUT2D eigenvalue weighted by atomic mass is 9.99. The summed E-state index contributed by atoms with van der Waals surface area (Å²) in [5.41, 5.74) is 4.14. The first-order chi connectivity index (χ1) is 9.63. The molecule has 116 valence electrons. The van der Waals surface area contributed by atoms with E-state index in [2.05, 4.69) is 0 Å². The molecule has 0 radical (unpaired) electrons. The maximum Gasteiger partial charge on any atom is 0.417 e. The Bertz CT molecular complexity index is 555. The molecule has 1 aromatic carbocycles. The summed E-state index contributed by atoms with van der Waals surface area (Å²) in [5, 5.41) is 7.29. The average molecular weight is 301 g/mol. The topological polar surface area (TPSA) is 62.3 Å². The molecule has 21 heavy (non-hydrogen) atoms. The molecule has 3 N–H and O–H groups in total. The zero-order chi connectivity index (χ0) is 15.8. The SMILES string of the molecule is CC1(C)COCCN1c1ccc(C(=N)N)c(C(F)(F)F)c1. The Hall–Kier alpha value is -1.76. The smallest absolute Gasteiger partial charge is 0.384 e. The summed E-state index contributed by atoms with van der Waals surface area (Å²) in [6.07, 6.45) is -4.55. The van der Waals surface area contributed by atoms with Gasteiger partial charge >= 0.3 is 6.18 Å². The van der Waals surface area contributed by atoms with Crippen LogP contribution >= 0.6 is 0 Å². The van der Waals surface area contributed by atoms with E-state index in [-0.39, 0.29) is 5.56 Å². The lowest BCUT2D eigenvalue weighted by Crippen LogP contribution is -2.53. The molecule has 7 heteroatoms. The molecule has 1 aromatic rings. The molecule has 0 aromatic heterocycles. The normalized spacial score (nSPS) is 18.6. The maximum absolute atomic E-state index is 13.2. The highest BCUT2D eigenvalue weighted by Gasteiger charge is 2.36. The van der Waals surface area contributed by atoms with Gasteiger partial charge in [-0.25, -0.2) is 0 Å². The first-order valence-corrected chi connectivity index (χ1v) is 6.54. The molecule has 0 spiro atoms. The molecule has 0 atom stereocenters. The molecular formula is C14H18F3N3O. The van der Waals surface area contributed by atoms with Gasteiger partial charge in [0.15, 0.2) is 0 Å².